The standard InChI is InChI=1S/C13H16N4O2S/c1-2-20(18,19)17-8-4-7-16-13-11(9-14)5-3-6-12(13)10-15/h3,5-6,16-17H,2,4,7-8H2,1H3. The number of benzene rings is 1. The highest BCUT2D eigenvalue weighted by Crippen LogP contribution is 2.19. The van der Waals surface area contributed by atoms with Gasteiger partial charge in [-0.05, 0) is 25.5 Å². The molecule has 1 aromatic carbocycles. The Hall–Kier alpha value is -2.09. The lowest BCUT2D eigenvalue weighted by molar-refractivity contribution is 0.581. The van der Waals surface area contributed by atoms with Crippen molar-refractivity contribution in [3.05, 3.63) is 29.3 Å². The van der Waals surface area contributed by atoms with Gasteiger partial charge in [0, 0.05) is 13.1 Å². The highest BCUT2D eigenvalue weighted by molar-refractivity contribution is 7.89. The molecule has 0 aliphatic carbocycles. The van der Waals surface area contributed by atoms with Crippen LogP contribution in [0.25, 0.3) is 0 Å². The quantitative estimate of drug-likeness (QED) is 0.734. The number of anilines is 1. The summed E-state index contributed by atoms with van der Waals surface area (Å²) in [5, 5.41) is 21.0. The average Bonchev–Trinajstić information content (AvgIpc) is 2.46. The van der Waals surface area contributed by atoms with E-state index in [-0.39, 0.29) is 5.75 Å². The topological polar surface area (TPSA) is 106 Å². The number of nitrogens with zero attached hydrogens (tertiary/aromatic N) is 2. The molecule has 0 fully saturated rings. The van der Waals surface area contributed by atoms with Crippen LogP contribution >= 0.6 is 0 Å². The van der Waals surface area contributed by atoms with E-state index >= 15 is 0 Å². The molecule has 0 radical (unpaired) electrons. The Morgan fingerprint density at radius 3 is 2.25 bits per heavy atom. The summed E-state index contributed by atoms with van der Waals surface area (Å²) in [4.78, 5) is 0. The number of sulfonamides is 1. The molecule has 0 atom stereocenters. The van der Waals surface area contributed by atoms with Gasteiger partial charge < -0.3 is 5.32 Å². The summed E-state index contributed by atoms with van der Waals surface area (Å²) in [6, 6.07) is 8.95. The molecule has 1 rings (SSSR count). The molecule has 0 bridgehead atoms. The van der Waals surface area contributed by atoms with Crippen molar-refractivity contribution < 1.29 is 8.42 Å². The third-order valence-corrected chi connectivity index (χ3v) is 4.07. The summed E-state index contributed by atoms with van der Waals surface area (Å²) in [6.07, 6.45) is 0.559. The minimum atomic E-state index is -3.17. The molecule has 20 heavy (non-hydrogen) atoms. The van der Waals surface area contributed by atoms with Crippen molar-refractivity contribution in [2.24, 2.45) is 0 Å². The van der Waals surface area contributed by atoms with Crippen LogP contribution in [0, 0.1) is 22.7 Å². The van der Waals surface area contributed by atoms with Crippen molar-refractivity contribution in [2.45, 2.75) is 13.3 Å². The summed E-state index contributed by atoms with van der Waals surface area (Å²) < 4.78 is 24.9. The second kappa shape index (κ2) is 7.49. The van der Waals surface area contributed by atoms with Crippen molar-refractivity contribution in [3.63, 3.8) is 0 Å². The Bertz CT molecular complexity index is 609. The minimum Gasteiger partial charge on any atom is -0.383 e. The van der Waals surface area contributed by atoms with Gasteiger partial charge in [0.15, 0.2) is 0 Å². The predicted octanol–water partition coefficient (Wildman–Crippen LogP) is 1.17. The molecule has 0 amide bonds. The van der Waals surface area contributed by atoms with E-state index < -0.39 is 10.0 Å². The maximum atomic E-state index is 11.2. The van der Waals surface area contributed by atoms with Gasteiger partial charge >= 0.3 is 0 Å². The Balaban J connectivity index is 2.55. The molecule has 6 nitrogen and oxygen atoms in total. The number of para-hydroxylation sites is 1. The monoisotopic (exact) mass is 292 g/mol. The van der Waals surface area contributed by atoms with E-state index in [0.29, 0.717) is 36.3 Å². The summed E-state index contributed by atoms with van der Waals surface area (Å²) in [5.41, 5.74) is 1.30. The van der Waals surface area contributed by atoms with E-state index in [1.165, 1.54) is 0 Å². The largest absolute Gasteiger partial charge is 0.383 e. The molecule has 106 valence electrons. The number of hydrogen-bond acceptors (Lipinski definition) is 5. The SMILES string of the molecule is CCS(=O)(=O)NCCCNc1c(C#N)cccc1C#N. The van der Waals surface area contributed by atoms with Crippen LogP contribution in [0.4, 0.5) is 5.69 Å². The zero-order valence-electron chi connectivity index (χ0n) is 11.2. The van der Waals surface area contributed by atoms with Crippen LogP contribution in [0.5, 0.6) is 0 Å². The normalized spacial score (nSPS) is 10.6. The van der Waals surface area contributed by atoms with Gasteiger partial charge in [0.25, 0.3) is 0 Å². The maximum Gasteiger partial charge on any atom is 0.211 e. The van der Waals surface area contributed by atoms with Gasteiger partial charge in [0.1, 0.15) is 12.1 Å². The molecule has 0 unspecified atom stereocenters. The third-order valence-electron chi connectivity index (χ3n) is 2.66. The molecule has 0 heterocycles. The Kier molecular flexibility index (Phi) is 5.98. The van der Waals surface area contributed by atoms with Crippen LogP contribution in [-0.4, -0.2) is 27.3 Å². The van der Waals surface area contributed by atoms with E-state index in [1.54, 1.807) is 25.1 Å². The van der Waals surface area contributed by atoms with Gasteiger partial charge in [0.05, 0.1) is 22.6 Å². The molecule has 1 aromatic rings. The van der Waals surface area contributed by atoms with Crippen molar-refractivity contribution >= 4 is 15.7 Å². The fourth-order valence-electron chi connectivity index (χ4n) is 1.56. The fraction of sp³-hybridized carbons (Fsp3) is 0.385. The minimum absolute atomic E-state index is 0.0519. The van der Waals surface area contributed by atoms with Crippen LogP contribution in [0.2, 0.25) is 0 Å². The summed E-state index contributed by atoms with van der Waals surface area (Å²) in [6.45, 7) is 2.36. The zero-order valence-corrected chi connectivity index (χ0v) is 12.0. The van der Waals surface area contributed by atoms with E-state index in [4.69, 9.17) is 10.5 Å². The van der Waals surface area contributed by atoms with Gasteiger partial charge in [-0.1, -0.05) is 6.07 Å². The van der Waals surface area contributed by atoms with Gasteiger partial charge in [0.2, 0.25) is 10.0 Å². The lowest BCUT2D eigenvalue weighted by Crippen LogP contribution is -2.27. The molecule has 0 spiro atoms. The number of nitrogens with one attached hydrogen (secondary N) is 2. The van der Waals surface area contributed by atoms with Crippen LogP contribution in [0.1, 0.15) is 24.5 Å². The molecule has 0 aromatic heterocycles. The van der Waals surface area contributed by atoms with E-state index in [0.717, 1.165) is 0 Å². The fourth-order valence-corrected chi connectivity index (χ4v) is 2.22. The van der Waals surface area contributed by atoms with Crippen molar-refractivity contribution in [1.82, 2.24) is 4.72 Å². The van der Waals surface area contributed by atoms with E-state index in [9.17, 15) is 8.42 Å². The van der Waals surface area contributed by atoms with Crippen molar-refractivity contribution in [1.29, 1.82) is 10.5 Å². The van der Waals surface area contributed by atoms with E-state index in [2.05, 4.69) is 10.0 Å². The Morgan fingerprint density at radius 1 is 1.15 bits per heavy atom. The first-order chi connectivity index (χ1) is 9.54. The zero-order chi connectivity index (χ0) is 15.0. The average molecular weight is 292 g/mol. The molecular formula is C13H16N4O2S. The smallest absolute Gasteiger partial charge is 0.211 e. The van der Waals surface area contributed by atoms with Gasteiger partial charge in [-0.25, -0.2) is 13.1 Å². The highest BCUT2D eigenvalue weighted by atomic mass is 32.2. The highest BCUT2D eigenvalue weighted by Gasteiger charge is 2.08. The Morgan fingerprint density at radius 2 is 1.75 bits per heavy atom. The molecule has 0 saturated carbocycles. The van der Waals surface area contributed by atoms with Crippen LogP contribution in [0.3, 0.4) is 0 Å². The summed E-state index contributed by atoms with van der Waals surface area (Å²) >= 11 is 0. The first-order valence-electron chi connectivity index (χ1n) is 6.18. The molecule has 7 heteroatoms. The number of nitriles is 2. The summed E-state index contributed by atoms with van der Waals surface area (Å²) in [5.74, 6) is 0.0519. The van der Waals surface area contributed by atoms with Crippen molar-refractivity contribution in [2.75, 3.05) is 24.2 Å². The Labute approximate surface area is 119 Å². The van der Waals surface area contributed by atoms with Gasteiger partial charge in [-0.15, -0.1) is 0 Å². The second-order valence-electron chi connectivity index (χ2n) is 4.03. The van der Waals surface area contributed by atoms with Crippen LogP contribution < -0.4 is 10.0 Å². The summed E-state index contributed by atoms with van der Waals surface area (Å²) in [7, 11) is -3.17. The molecular weight excluding hydrogens is 276 g/mol. The third kappa shape index (κ3) is 4.54. The number of hydrogen-bond donors (Lipinski definition) is 2. The maximum absolute atomic E-state index is 11.2. The number of rotatable bonds is 7. The first kappa shape index (κ1) is 16.0. The lowest BCUT2D eigenvalue weighted by Gasteiger charge is -2.10. The van der Waals surface area contributed by atoms with Crippen molar-refractivity contribution in [3.8, 4) is 12.1 Å². The molecule has 0 aliphatic heterocycles. The molecule has 0 saturated heterocycles. The lowest BCUT2D eigenvalue weighted by atomic mass is 10.1. The molecule has 0 aliphatic rings. The van der Waals surface area contributed by atoms with Crippen LogP contribution in [-0.2, 0) is 10.0 Å². The van der Waals surface area contributed by atoms with E-state index in [1.807, 2.05) is 12.1 Å². The first-order valence-corrected chi connectivity index (χ1v) is 7.83. The molecule has 2 N–H and O–H groups in total. The van der Waals surface area contributed by atoms with Gasteiger partial charge in [-0.2, -0.15) is 10.5 Å². The van der Waals surface area contributed by atoms with Gasteiger partial charge in [-0.3, -0.25) is 0 Å². The second-order valence-corrected chi connectivity index (χ2v) is 6.13. The van der Waals surface area contributed by atoms with Crippen LogP contribution in [0.15, 0.2) is 18.2 Å². The predicted molar refractivity (Wildman–Crippen MR) is 76.4 cm³/mol.